The molecule has 0 bridgehead atoms. The van der Waals surface area contributed by atoms with Crippen LogP contribution in [0.4, 0.5) is 4.39 Å². The van der Waals surface area contributed by atoms with Crippen LogP contribution in [0.5, 0.6) is 0 Å². The highest BCUT2D eigenvalue weighted by Gasteiger charge is 2.16. The lowest BCUT2D eigenvalue weighted by Gasteiger charge is -2.17. The molecule has 0 aliphatic carbocycles. The minimum Gasteiger partial charge on any atom is -0.324 e. The Balaban J connectivity index is 2.41. The zero-order valence-corrected chi connectivity index (χ0v) is 13.7. The molecule has 0 saturated heterocycles. The Morgan fingerprint density at radius 2 is 2.20 bits per heavy atom. The lowest BCUT2D eigenvalue weighted by molar-refractivity contribution is 0.533. The topological polar surface area (TPSA) is 17.8 Å². The third-order valence-corrected chi connectivity index (χ3v) is 4.66. The van der Waals surface area contributed by atoms with Gasteiger partial charge in [-0.2, -0.15) is 11.8 Å². The molecule has 0 radical (unpaired) electrons. The molecule has 1 atom stereocenters. The Hall–Kier alpha value is -0.740. The fourth-order valence-electron chi connectivity index (χ4n) is 2.38. The molecule has 0 saturated carbocycles. The SMILES string of the molecule is CCSCCC(C)n1c(CCl)nc2cc(F)c(C)cc21. The molecule has 0 fully saturated rings. The molecule has 1 heterocycles. The molecule has 20 heavy (non-hydrogen) atoms. The predicted molar refractivity (Wildman–Crippen MR) is 86.3 cm³/mol. The van der Waals surface area contributed by atoms with E-state index in [1.54, 1.807) is 6.92 Å². The minimum absolute atomic E-state index is 0.211. The van der Waals surface area contributed by atoms with Gasteiger partial charge >= 0.3 is 0 Å². The summed E-state index contributed by atoms with van der Waals surface area (Å²) in [5.41, 5.74) is 2.32. The van der Waals surface area contributed by atoms with Crippen LogP contribution in [0.1, 0.15) is 37.7 Å². The van der Waals surface area contributed by atoms with E-state index in [0.29, 0.717) is 23.0 Å². The van der Waals surface area contributed by atoms with Gasteiger partial charge in [-0.3, -0.25) is 0 Å². The summed E-state index contributed by atoms with van der Waals surface area (Å²) >= 11 is 7.94. The van der Waals surface area contributed by atoms with Crippen LogP contribution >= 0.6 is 23.4 Å². The van der Waals surface area contributed by atoms with E-state index in [9.17, 15) is 4.39 Å². The third-order valence-electron chi connectivity index (χ3n) is 3.49. The summed E-state index contributed by atoms with van der Waals surface area (Å²) in [6.07, 6.45) is 1.06. The molecule has 2 aromatic rings. The number of benzene rings is 1. The van der Waals surface area contributed by atoms with Crippen molar-refractivity contribution >= 4 is 34.4 Å². The molecule has 0 N–H and O–H groups in total. The Labute approximate surface area is 128 Å². The average molecular weight is 315 g/mol. The molecule has 1 unspecified atom stereocenters. The summed E-state index contributed by atoms with van der Waals surface area (Å²) < 4.78 is 15.8. The standard InChI is InChI=1S/C15H20ClFN2S/c1-4-20-6-5-11(3)19-14-7-10(2)12(17)8-13(14)18-15(19)9-16/h7-8,11H,4-6,9H2,1-3H3. The third kappa shape index (κ3) is 3.12. The van der Waals surface area contributed by atoms with Crippen LogP contribution in [-0.4, -0.2) is 21.1 Å². The number of nitrogens with zero attached hydrogens (tertiary/aromatic N) is 2. The number of aryl methyl sites for hydroxylation is 1. The normalized spacial score (nSPS) is 13.1. The second-order valence-electron chi connectivity index (χ2n) is 4.96. The fraction of sp³-hybridized carbons (Fsp3) is 0.533. The van der Waals surface area contributed by atoms with E-state index in [0.717, 1.165) is 29.3 Å². The van der Waals surface area contributed by atoms with E-state index in [-0.39, 0.29) is 5.82 Å². The quantitative estimate of drug-likeness (QED) is 0.556. The van der Waals surface area contributed by atoms with Crippen LogP contribution in [0.25, 0.3) is 11.0 Å². The maximum atomic E-state index is 13.7. The number of halogens is 2. The molecule has 1 aromatic carbocycles. The molecular formula is C15H20ClFN2S. The molecule has 1 aromatic heterocycles. The molecule has 0 spiro atoms. The number of aromatic nitrogens is 2. The van der Waals surface area contributed by atoms with E-state index in [4.69, 9.17) is 11.6 Å². The predicted octanol–water partition coefficient (Wildman–Crippen LogP) is 4.93. The first kappa shape index (κ1) is 15.6. The van der Waals surface area contributed by atoms with Crippen molar-refractivity contribution in [3.63, 3.8) is 0 Å². The number of hydrogen-bond acceptors (Lipinski definition) is 2. The molecule has 0 aliphatic rings. The second kappa shape index (κ2) is 6.81. The fourth-order valence-corrected chi connectivity index (χ4v) is 3.37. The summed E-state index contributed by atoms with van der Waals surface area (Å²) in [6, 6.07) is 3.69. The Morgan fingerprint density at radius 3 is 2.85 bits per heavy atom. The van der Waals surface area contributed by atoms with E-state index in [2.05, 4.69) is 23.4 Å². The molecule has 0 amide bonds. The van der Waals surface area contributed by atoms with Crippen LogP contribution in [0.2, 0.25) is 0 Å². The summed E-state index contributed by atoms with van der Waals surface area (Å²) in [5, 5.41) is 0. The number of alkyl halides is 1. The van der Waals surface area contributed by atoms with Crippen molar-refractivity contribution in [2.75, 3.05) is 11.5 Å². The second-order valence-corrected chi connectivity index (χ2v) is 6.62. The van der Waals surface area contributed by atoms with Gasteiger partial charge < -0.3 is 4.57 Å². The highest BCUT2D eigenvalue weighted by Crippen LogP contribution is 2.27. The lowest BCUT2D eigenvalue weighted by Crippen LogP contribution is -2.09. The number of thioether (sulfide) groups is 1. The monoisotopic (exact) mass is 314 g/mol. The van der Waals surface area contributed by atoms with Crippen molar-refractivity contribution in [3.8, 4) is 0 Å². The largest absolute Gasteiger partial charge is 0.324 e. The van der Waals surface area contributed by atoms with Crippen LogP contribution in [-0.2, 0) is 5.88 Å². The van der Waals surface area contributed by atoms with Gasteiger partial charge in [0.2, 0.25) is 0 Å². The maximum absolute atomic E-state index is 13.7. The van der Waals surface area contributed by atoms with E-state index in [1.807, 2.05) is 17.8 Å². The van der Waals surface area contributed by atoms with Crippen molar-refractivity contribution in [3.05, 3.63) is 29.3 Å². The van der Waals surface area contributed by atoms with Gasteiger partial charge in [-0.05, 0) is 43.4 Å². The number of rotatable bonds is 6. The van der Waals surface area contributed by atoms with Gasteiger partial charge in [0, 0.05) is 12.1 Å². The molecular weight excluding hydrogens is 295 g/mol. The van der Waals surface area contributed by atoms with Gasteiger partial charge in [0.1, 0.15) is 11.6 Å². The van der Waals surface area contributed by atoms with Crippen LogP contribution in [0, 0.1) is 12.7 Å². The maximum Gasteiger partial charge on any atom is 0.128 e. The van der Waals surface area contributed by atoms with Crippen molar-refractivity contribution < 1.29 is 4.39 Å². The number of hydrogen-bond donors (Lipinski definition) is 0. The summed E-state index contributed by atoms with van der Waals surface area (Å²) in [5.74, 6) is 3.20. The van der Waals surface area contributed by atoms with Crippen LogP contribution in [0.15, 0.2) is 12.1 Å². The van der Waals surface area contributed by atoms with Crippen molar-refractivity contribution in [2.24, 2.45) is 0 Å². The highest BCUT2D eigenvalue weighted by molar-refractivity contribution is 7.99. The average Bonchev–Trinajstić information content (AvgIpc) is 2.77. The zero-order valence-electron chi connectivity index (χ0n) is 12.1. The van der Waals surface area contributed by atoms with E-state index < -0.39 is 0 Å². The lowest BCUT2D eigenvalue weighted by atomic mass is 10.2. The molecule has 5 heteroatoms. The molecule has 2 rings (SSSR count). The van der Waals surface area contributed by atoms with Crippen molar-refractivity contribution in [2.45, 2.75) is 39.1 Å². The van der Waals surface area contributed by atoms with Gasteiger partial charge in [0.15, 0.2) is 0 Å². The Morgan fingerprint density at radius 1 is 1.45 bits per heavy atom. The van der Waals surface area contributed by atoms with Crippen LogP contribution < -0.4 is 0 Å². The molecule has 2 nitrogen and oxygen atoms in total. The highest BCUT2D eigenvalue weighted by atomic mass is 35.5. The first-order valence-corrected chi connectivity index (χ1v) is 8.58. The van der Waals surface area contributed by atoms with E-state index >= 15 is 0 Å². The molecule has 110 valence electrons. The Bertz CT molecular complexity index is 597. The smallest absolute Gasteiger partial charge is 0.128 e. The Kier molecular flexibility index (Phi) is 5.33. The number of fused-ring (bicyclic) bond motifs is 1. The van der Waals surface area contributed by atoms with Crippen molar-refractivity contribution in [1.29, 1.82) is 0 Å². The van der Waals surface area contributed by atoms with E-state index in [1.165, 1.54) is 6.07 Å². The zero-order chi connectivity index (χ0) is 14.7. The minimum atomic E-state index is -0.211. The van der Waals surface area contributed by atoms with Crippen molar-refractivity contribution in [1.82, 2.24) is 9.55 Å². The van der Waals surface area contributed by atoms with Gasteiger partial charge in [-0.25, -0.2) is 9.37 Å². The summed E-state index contributed by atoms with van der Waals surface area (Å²) in [7, 11) is 0. The summed E-state index contributed by atoms with van der Waals surface area (Å²) in [6.45, 7) is 6.12. The van der Waals surface area contributed by atoms with Gasteiger partial charge in [-0.15, -0.1) is 11.6 Å². The molecule has 0 aliphatic heterocycles. The number of imidazole rings is 1. The van der Waals surface area contributed by atoms with Gasteiger partial charge in [0.05, 0.1) is 16.9 Å². The first-order valence-electron chi connectivity index (χ1n) is 6.89. The summed E-state index contributed by atoms with van der Waals surface area (Å²) in [4.78, 5) is 4.47. The van der Waals surface area contributed by atoms with Gasteiger partial charge in [0.25, 0.3) is 0 Å². The van der Waals surface area contributed by atoms with Crippen LogP contribution in [0.3, 0.4) is 0 Å². The van der Waals surface area contributed by atoms with Gasteiger partial charge in [-0.1, -0.05) is 6.92 Å². The first-order chi connectivity index (χ1) is 9.58.